The summed E-state index contributed by atoms with van der Waals surface area (Å²) in [6.45, 7) is 2.52. The molecule has 2 aromatic carbocycles. The third kappa shape index (κ3) is 3.81. The summed E-state index contributed by atoms with van der Waals surface area (Å²) >= 11 is 4.86. The molecule has 2 aliphatic rings. The number of amides is 1. The van der Waals surface area contributed by atoms with Crippen molar-refractivity contribution in [1.82, 2.24) is 4.90 Å². The van der Waals surface area contributed by atoms with Crippen LogP contribution < -0.4 is 4.74 Å². The van der Waals surface area contributed by atoms with Gasteiger partial charge in [-0.2, -0.15) is 4.99 Å². The van der Waals surface area contributed by atoms with Gasteiger partial charge in [-0.1, -0.05) is 47.7 Å². The highest BCUT2D eigenvalue weighted by Crippen LogP contribution is 2.30. The molecular weight excluding hydrogens is 438 g/mol. The van der Waals surface area contributed by atoms with Crippen molar-refractivity contribution >= 4 is 50.7 Å². The van der Waals surface area contributed by atoms with E-state index in [9.17, 15) is 4.79 Å². The van der Waals surface area contributed by atoms with Gasteiger partial charge in [0.15, 0.2) is 5.17 Å². The summed E-state index contributed by atoms with van der Waals surface area (Å²) in [6, 6.07) is 13.8. The van der Waals surface area contributed by atoms with Crippen LogP contribution in [0, 0.1) is 12.3 Å². The first-order chi connectivity index (χ1) is 13.5. The minimum absolute atomic E-state index is 0.132. The number of halogens is 1. The molecule has 2 aliphatic heterocycles. The molecule has 2 heterocycles. The number of benzene rings is 2. The summed E-state index contributed by atoms with van der Waals surface area (Å²) in [5.74, 6) is 0.448. The molecule has 0 aliphatic carbocycles. The van der Waals surface area contributed by atoms with E-state index in [1.807, 2.05) is 30.3 Å². The Morgan fingerprint density at radius 3 is 2.93 bits per heavy atom. The zero-order valence-corrected chi connectivity index (χ0v) is 17.4. The van der Waals surface area contributed by atoms with Crippen LogP contribution in [0.2, 0.25) is 0 Å². The Morgan fingerprint density at radius 1 is 1.29 bits per heavy atom. The van der Waals surface area contributed by atoms with Crippen LogP contribution in [-0.4, -0.2) is 21.8 Å². The molecule has 1 amide bonds. The number of ether oxygens (including phenoxy) is 1. The van der Waals surface area contributed by atoms with Gasteiger partial charge in [-0.25, -0.2) is 0 Å². The molecule has 0 atom stereocenters. The van der Waals surface area contributed by atoms with Crippen LogP contribution in [0.25, 0.3) is 6.08 Å². The second kappa shape index (κ2) is 7.77. The SMILES string of the molecule is Cc1cccc(COc2ccc(C=C3C(=N)N4C=CSC4=NC3=O)cc2Br)c1. The van der Waals surface area contributed by atoms with E-state index in [1.165, 1.54) is 17.3 Å². The normalized spacial score (nSPS) is 17.1. The molecule has 2 aromatic rings. The number of fused-ring (bicyclic) bond motifs is 1. The number of hydrogen-bond acceptors (Lipinski definition) is 4. The second-order valence-corrected chi connectivity index (χ2v) is 8.07. The number of hydrogen-bond donors (Lipinski definition) is 1. The largest absolute Gasteiger partial charge is 0.488 e. The summed E-state index contributed by atoms with van der Waals surface area (Å²) in [6.07, 6.45) is 3.42. The topological polar surface area (TPSA) is 65.8 Å². The molecule has 0 saturated carbocycles. The summed E-state index contributed by atoms with van der Waals surface area (Å²) < 4.78 is 6.69. The van der Waals surface area contributed by atoms with Crippen LogP contribution in [0.15, 0.2) is 69.1 Å². The Morgan fingerprint density at radius 2 is 2.14 bits per heavy atom. The maximum absolute atomic E-state index is 12.3. The molecule has 0 bridgehead atoms. The predicted octanol–water partition coefficient (Wildman–Crippen LogP) is 5.11. The molecule has 0 spiro atoms. The molecule has 0 radical (unpaired) electrons. The minimum Gasteiger partial charge on any atom is -0.488 e. The van der Waals surface area contributed by atoms with Gasteiger partial charge in [0.2, 0.25) is 0 Å². The Labute approximate surface area is 175 Å². The Hall–Kier alpha value is -2.64. The van der Waals surface area contributed by atoms with Gasteiger partial charge in [0.05, 0.1) is 10.0 Å². The van der Waals surface area contributed by atoms with Crippen molar-refractivity contribution < 1.29 is 9.53 Å². The molecule has 1 N–H and O–H groups in total. The van der Waals surface area contributed by atoms with Crippen LogP contribution >= 0.6 is 27.7 Å². The average Bonchev–Trinajstić information content (AvgIpc) is 3.13. The van der Waals surface area contributed by atoms with E-state index in [-0.39, 0.29) is 11.4 Å². The second-order valence-electron chi connectivity index (χ2n) is 6.35. The molecular formula is C21H16BrN3O2S. The maximum Gasteiger partial charge on any atom is 0.283 e. The maximum atomic E-state index is 12.3. The number of aliphatic imine (C=N–C) groups is 1. The number of amidine groups is 2. The molecule has 140 valence electrons. The van der Waals surface area contributed by atoms with Crippen molar-refractivity contribution in [3.05, 3.63) is 80.8 Å². The molecule has 7 heteroatoms. The number of aryl methyl sites for hydroxylation is 1. The highest BCUT2D eigenvalue weighted by molar-refractivity contribution is 9.10. The lowest BCUT2D eigenvalue weighted by Gasteiger charge is -2.22. The smallest absolute Gasteiger partial charge is 0.283 e. The van der Waals surface area contributed by atoms with E-state index in [0.717, 1.165) is 15.6 Å². The molecule has 0 fully saturated rings. The van der Waals surface area contributed by atoms with E-state index in [1.54, 1.807) is 22.6 Å². The van der Waals surface area contributed by atoms with Crippen molar-refractivity contribution in [1.29, 1.82) is 5.41 Å². The fourth-order valence-corrected chi connectivity index (χ4v) is 4.10. The van der Waals surface area contributed by atoms with Crippen molar-refractivity contribution in [2.75, 3.05) is 0 Å². The zero-order chi connectivity index (χ0) is 19.7. The highest BCUT2D eigenvalue weighted by atomic mass is 79.9. The van der Waals surface area contributed by atoms with E-state index < -0.39 is 5.91 Å². The summed E-state index contributed by atoms with van der Waals surface area (Å²) in [4.78, 5) is 17.9. The van der Waals surface area contributed by atoms with Crippen molar-refractivity contribution in [2.45, 2.75) is 13.5 Å². The van der Waals surface area contributed by atoms with Gasteiger partial charge in [0.25, 0.3) is 5.91 Å². The van der Waals surface area contributed by atoms with Crippen molar-refractivity contribution in [2.24, 2.45) is 4.99 Å². The molecule has 5 nitrogen and oxygen atoms in total. The first kappa shape index (κ1) is 18.7. The van der Waals surface area contributed by atoms with Crippen LogP contribution in [0.4, 0.5) is 0 Å². The van der Waals surface area contributed by atoms with Gasteiger partial charge in [-0.05, 0) is 57.6 Å². The van der Waals surface area contributed by atoms with Crippen LogP contribution in [0.3, 0.4) is 0 Å². The summed E-state index contributed by atoms with van der Waals surface area (Å²) in [7, 11) is 0. The van der Waals surface area contributed by atoms with Gasteiger partial charge in [0.1, 0.15) is 18.2 Å². The van der Waals surface area contributed by atoms with Gasteiger partial charge < -0.3 is 4.74 Å². The molecule has 4 rings (SSSR count). The van der Waals surface area contributed by atoms with E-state index in [4.69, 9.17) is 10.1 Å². The van der Waals surface area contributed by atoms with Crippen LogP contribution in [0.5, 0.6) is 5.75 Å². The van der Waals surface area contributed by atoms with Crippen molar-refractivity contribution in [3.63, 3.8) is 0 Å². The third-order valence-corrected chi connectivity index (χ3v) is 5.63. The van der Waals surface area contributed by atoms with Gasteiger partial charge in [0, 0.05) is 6.20 Å². The first-order valence-corrected chi connectivity index (χ1v) is 10.2. The molecule has 28 heavy (non-hydrogen) atoms. The van der Waals surface area contributed by atoms with Crippen molar-refractivity contribution in [3.8, 4) is 5.75 Å². The third-order valence-electron chi connectivity index (χ3n) is 4.26. The van der Waals surface area contributed by atoms with Gasteiger partial charge >= 0.3 is 0 Å². The lowest BCUT2D eigenvalue weighted by Crippen LogP contribution is -2.35. The number of thioether (sulfide) groups is 1. The Bertz CT molecular complexity index is 1080. The Balaban J connectivity index is 1.53. The average molecular weight is 454 g/mol. The summed E-state index contributed by atoms with van der Waals surface area (Å²) in [5, 5.41) is 10.6. The standard InChI is InChI=1S/C21H16BrN3O2S/c1-13-3-2-4-15(9-13)12-27-18-6-5-14(11-17(18)22)10-16-19(23)25-7-8-28-21(25)24-20(16)26/h2-11,23H,12H2,1H3. The Kier molecular flexibility index (Phi) is 5.19. The monoisotopic (exact) mass is 453 g/mol. The number of carbonyl (C=O) groups excluding carboxylic acids is 1. The molecule has 0 aromatic heterocycles. The molecule has 0 saturated heterocycles. The number of rotatable bonds is 4. The molecule has 0 unspecified atom stereocenters. The lowest BCUT2D eigenvalue weighted by atomic mass is 10.1. The van der Waals surface area contributed by atoms with Crippen LogP contribution in [-0.2, 0) is 11.4 Å². The minimum atomic E-state index is -0.400. The quantitative estimate of drug-likeness (QED) is 0.652. The number of carbonyl (C=O) groups is 1. The first-order valence-electron chi connectivity index (χ1n) is 8.55. The lowest BCUT2D eigenvalue weighted by molar-refractivity contribution is -0.114. The zero-order valence-electron chi connectivity index (χ0n) is 15.0. The van der Waals surface area contributed by atoms with Crippen LogP contribution in [0.1, 0.15) is 16.7 Å². The summed E-state index contributed by atoms with van der Waals surface area (Å²) in [5.41, 5.74) is 3.34. The predicted molar refractivity (Wildman–Crippen MR) is 116 cm³/mol. The number of nitrogens with zero attached hydrogens (tertiary/aromatic N) is 2. The van der Waals surface area contributed by atoms with Gasteiger partial charge in [-0.15, -0.1) is 0 Å². The van der Waals surface area contributed by atoms with E-state index in [0.29, 0.717) is 17.5 Å². The fourth-order valence-electron chi connectivity index (χ4n) is 2.88. The fraction of sp³-hybridized carbons (Fsp3) is 0.0952. The highest BCUT2D eigenvalue weighted by Gasteiger charge is 2.30. The van der Waals surface area contributed by atoms with E-state index in [2.05, 4.69) is 40.0 Å². The number of nitrogens with one attached hydrogen (secondary N) is 1. The van der Waals surface area contributed by atoms with E-state index >= 15 is 0 Å². The van der Waals surface area contributed by atoms with Gasteiger partial charge in [-0.3, -0.25) is 15.1 Å².